The molecule has 3 aromatic rings. The number of anilines is 1. The number of carbonyl (C=O) groups is 1. The van der Waals surface area contributed by atoms with E-state index in [9.17, 15) is 18.0 Å². The Balaban J connectivity index is 2.00. The van der Waals surface area contributed by atoms with Gasteiger partial charge < -0.3 is 10.2 Å². The number of benzene rings is 1. The number of nitrogens with zero attached hydrogens (tertiary/aromatic N) is 2. The van der Waals surface area contributed by atoms with Crippen LogP contribution < -0.4 is 16.2 Å². The maximum absolute atomic E-state index is 12.7. The van der Waals surface area contributed by atoms with Crippen LogP contribution in [0.25, 0.3) is 11.1 Å². The first kappa shape index (κ1) is 16.9. The van der Waals surface area contributed by atoms with E-state index < -0.39 is 21.7 Å². The third-order valence-corrected chi connectivity index (χ3v) is 4.05. The zero-order valence-electron chi connectivity index (χ0n) is 13.1. The summed E-state index contributed by atoms with van der Waals surface area (Å²) in [6.07, 6.45) is 2.37. The number of hydrogen-bond donors (Lipinski definition) is 2. The average Bonchev–Trinajstić information content (AvgIpc) is 2.87. The van der Waals surface area contributed by atoms with Crippen LogP contribution in [-0.4, -0.2) is 30.1 Å². The minimum absolute atomic E-state index is 0.0755. The largest absolute Gasteiger partial charge is 0.427 e. The highest BCUT2D eigenvalue weighted by Crippen LogP contribution is 2.17. The van der Waals surface area contributed by atoms with Crippen LogP contribution in [-0.2, 0) is 16.6 Å². The molecule has 9 nitrogen and oxygen atoms in total. The first-order chi connectivity index (χ1) is 11.7. The topological polar surface area (TPSA) is 137 Å². The van der Waals surface area contributed by atoms with Crippen molar-refractivity contribution >= 4 is 32.7 Å². The quantitative estimate of drug-likeness (QED) is 0.637. The molecule has 0 atom stereocenters. The molecule has 3 rings (SSSR count). The van der Waals surface area contributed by atoms with E-state index in [0.717, 1.165) is 10.8 Å². The van der Waals surface area contributed by atoms with E-state index in [0.29, 0.717) is 11.4 Å². The minimum atomic E-state index is -3.40. The summed E-state index contributed by atoms with van der Waals surface area (Å²) in [6, 6.07) is 7.35. The molecule has 0 unspecified atom stereocenters. The molecular weight excluding hydrogens is 348 g/mol. The Morgan fingerprint density at radius 2 is 2.08 bits per heavy atom. The van der Waals surface area contributed by atoms with Crippen molar-refractivity contribution in [2.45, 2.75) is 6.54 Å². The predicted molar refractivity (Wildman–Crippen MR) is 90.5 cm³/mol. The van der Waals surface area contributed by atoms with Crippen molar-refractivity contribution in [2.75, 3.05) is 12.0 Å². The molecule has 0 saturated heterocycles. The number of nitrogens with two attached hydrogens (primary N) is 1. The summed E-state index contributed by atoms with van der Waals surface area (Å²) in [5, 5.41) is 0. The van der Waals surface area contributed by atoms with E-state index in [-0.39, 0.29) is 23.2 Å². The van der Waals surface area contributed by atoms with Gasteiger partial charge in [-0.25, -0.2) is 22.5 Å². The molecular formula is C15H14N4O5S. The molecule has 25 heavy (non-hydrogen) atoms. The van der Waals surface area contributed by atoms with Gasteiger partial charge in [0.25, 0.3) is 5.91 Å². The molecule has 10 heteroatoms. The Morgan fingerprint density at radius 1 is 1.32 bits per heavy atom. The van der Waals surface area contributed by atoms with Gasteiger partial charge in [-0.05, 0) is 30.3 Å². The fourth-order valence-electron chi connectivity index (χ4n) is 2.27. The van der Waals surface area contributed by atoms with Crippen LogP contribution in [0.5, 0.6) is 0 Å². The second kappa shape index (κ2) is 6.15. The summed E-state index contributed by atoms with van der Waals surface area (Å²) in [5.74, 6) is -1.46. The molecule has 0 amide bonds. The van der Waals surface area contributed by atoms with Gasteiger partial charge in [0.15, 0.2) is 5.58 Å². The molecule has 0 aliphatic carbocycles. The number of rotatable bonds is 4. The van der Waals surface area contributed by atoms with E-state index in [4.69, 9.17) is 10.2 Å². The van der Waals surface area contributed by atoms with Gasteiger partial charge in [-0.3, -0.25) is 9.78 Å². The Kier molecular flexibility index (Phi) is 4.15. The van der Waals surface area contributed by atoms with Gasteiger partial charge in [-0.1, -0.05) is 0 Å². The number of fused-ring (bicyclic) bond motifs is 1. The molecule has 0 radical (unpaired) electrons. The lowest BCUT2D eigenvalue weighted by Crippen LogP contribution is -2.24. The molecule has 0 fully saturated rings. The van der Waals surface area contributed by atoms with Crippen LogP contribution >= 0.6 is 0 Å². The Hall–Kier alpha value is -2.98. The van der Waals surface area contributed by atoms with Crippen LogP contribution in [0.3, 0.4) is 0 Å². The first-order valence-corrected chi connectivity index (χ1v) is 8.99. The predicted octanol–water partition coefficient (Wildman–Crippen LogP) is 0.309. The van der Waals surface area contributed by atoms with E-state index in [1.165, 1.54) is 30.5 Å². The molecule has 0 aliphatic heterocycles. The van der Waals surface area contributed by atoms with Crippen molar-refractivity contribution in [3.8, 4) is 0 Å². The smallest absolute Gasteiger partial charge is 0.407 e. The van der Waals surface area contributed by atoms with Gasteiger partial charge in [0.05, 0.1) is 18.5 Å². The number of pyridine rings is 1. The second-order valence-corrected chi connectivity index (χ2v) is 7.20. The Bertz CT molecular complexity index is 1130. The molecule has 0 saturated carbocycles. The van der Waals surface area contributed by atoms with Crippen molar-refractivity contribution in [1.82, 2.24) is 14.3 Å². The number of aromatic nitrogens is 2. The number of sulfonamides is 1. The summed E-state index contributed by atoms with van der Waals surface area (Å²) in [4.78, 5) is 28.7. The SMILES string of the molecule is CS(=O)(=O)NCc1cc(C(=O)n2c(=O)oc3ccc(N)cc32)ccn1. The zero-order chi connectivity index (χ0) is 18.2. The second-order valence-electron chi connectivity index (χ2n) is 5.36. The molecule has 2 aromatic heterocycles. The molecule has 2 heterocycles. The van der Waals surface area contributed by atoms with Crippen molar-refractivity contribution < 1.29 is 17.6 Å². The van der Waals surface area contributed by atoms with E-state index in [2.05, 4.69) is 9.71 Å². The van der Waals surface area contributed by atoms with E-state index in [1.807, 2.05) is 0 Å². The zero-order valence-corrected chi connectivity index (χ0v) is 13.9. The van der Waals surface area contributed by atoms with Crippen LogP contribution in [0.15, 0.2) is 45.7 Å². The van der Waals surface area contributed by atoms with Crippen LogP contribution in [0.4, 0.5) is 5.69 Å². The monoisotopic (exact) mass is 362 g/mol. The highest BCUT2D eigenvalue weighted by molar-refractivity contribution is 7.88. The lowest BCUT2D eigenvalue weighted by Gasteiger charge is -2.05. The molecule has 0 aliphatic rings. The molecule has 0 spiro atoms. The first-order valence-electron chi connectivity index (χ1n) is 7.10. The molecule has 3 N–H and O–H groups in total. The summed E-state index contributed by atoms with van der Waals surface area (Å²) in [7, 11) is -3.40. The maximum Gasteiger partial charge on any atom is 0.427 e. The van der Waals surface area contributed by atoms with Crippen molar-refractivity contribution in [2.24, 2.45) is 0 Å². The highest BCUT2D eigenvalue weighted by Gasteiger charge is 2.18. The highest BCUT2D eigenvalue weighted by atomic mass is 32.2. The van der Waals surface area contributed by atoms with Crippen LogP contribution in [0, 0.1) is 0 Å². The minimum Gasteiger partial charge on any atom is -0.407 e. The number of hydrogen-bond acceptors (Lipinski definition) is 7. The van der Waals surface area contributed by atoms with Gasteiger partial charge in [-0.2, -0.15) is 0 Å². The Morgan fingerprint density at radius 3 is 2.80 bits per heavy atom. The number of oxazole rings is 1. The van der Waals surface area contributed by atoms with Crippen molar-refractivity contribution in [3.05, 3.63) is 58.3 Å². The van der Waals surface area contributed by atoms with Crippen molar-refractivity contribution in [1.29, 1.82) is 0 Å². The fraction of sp³-hybridized carbons (Fsp3) is 0.133. The van der Waals surface area contributed by atoms with Gasteiger partial charge >= 0.3 is 5.76 Å². The fourth-order valence-corrected chi connectivity index (χ4v) is 2.68. The third-order valence-electron chi connectivity index (χ3n) is 3.39. The lowest BCUT2D eigenvalue weighted by molar-refractivity contribution is 0.0956. The summed E-state index contributed by atoms with van der Waals surface area (Å²) in [6.45, 7) is -0.0755. The normalized spacial score (nSPS) is 11.7. The average molecular weight is 362 g/mol. The van der Waals surface area contributed by atoms with Crippen LogP contribution in [0.1, 0.15) is 16.1 Å². The number of nitrogens with one attached hydrogen (secondary N) is 1. The standard InChI is InChI=1S/C15H14N4O5S/c1-25(22,23)18-8-11-6-9(4-5-17-11)14(20)19-12-7-10(16)2-3-13(12)24-15(19)21/h2-7,18H,8,16H2,1H3. The number of carbonyl (C=O) groups excluding carboxylic acids is 1. The van der Waals surface area contributed by atoms with E-state index >= 15 is 0 Å². The molecule has 130 valence electrons. The lowest BCUT2D eigenvalue weighted by atomic mass is 10.2. The Labute approximate surface area is 142 Å². The van der Waals surface area contributed by atoms with E-state index in [1.54, 1.807) is 6.07 Å². The summed E-state index contributed by atoms with van der Waals surface area (Å²) in [5.41, 5.74) is 7.06. The third kappa shape index (κ3) is 3.59. The molecule has 0 bridgehead atoms. The van der Waals surface area contributed by atoms with Crippen LogP contribution in [0.2, 0.25) is 0 Å². The van der Waals surface area contributed by atoms with Gasteiger partial charge in [-0.15, -0.1) is 0 Å². The van der Waals surface area contributed by atoms with Crippen molar-refractivity contribution in [3.63, 3.8) is 0 Å². The van der Waals surface area contributed by atoms with Gasteiger partial charge in [0, 0.05) is 17.4 Å². The molecule has 1 aromatic carbocycles. The maximum atomic E-state index is 12.7. The van der Waals surface area contributed by atoms with Gasteiger partial charge in [0.2, 0.25) is 10.0 Å². The van der Waals surface area contributed by atoms with Gasteiger partial charge in [0.1, 0.15) is 5.52 Å². The number of nitrogen functional groups attached to an aromatic ring is 1. The summed E-state index contributed by atoms with van der Waals surface area (Å²) >= 11 is 0. The summed E-state index contributed by atoms with van der Waals surface area (Å²) < 4.78 is 30.5.